The van der Waals surface area contributed by atoms with Crippen molar-refractivity contribution >= 4 is 0 Å². The fraction of sp³-hybridized carbons (Fsp3) is 0.455. The molecule has 2 nitrogen and oxygen atoms in total. The fourth-order valence-electron chi connectivity index (χ4n) is 1.38. The van der Waals surface area contributed by atoms with E-state index >= 15 is 0 Å². The molecule has 0 aliphatic heterocycles. The van der Waals surface area contributed by atoms with Gasteiger partial charge in [-0.15, -0.1) is 0 Å². The quantitative estimate of drug-likeness (QED) is 0.848. The Bertz CT molecular complexity index is 314. The second-order valence-corrected chi connectivity index (χ2v) is 3.56. The molecule has 16 heavy (non-hydrogen) atoms. The van der Waals surface area contributed by atoms with Crippen molar-refractivity contribution in [3.8, 4) is 0 Å². The van der Waals surface area contributed by atoms with Crippen molar-refractivity contribution in [2.75, 3.05) is 6.61 Å². The van der Waals surface area contributed by atoms with Crippen LogP contribution in [0.2, 0.25) is 0 Å². The van der Waals surface area contributed by atoms with Crippen molar-refractivity contribution in [1.82, 2.24) is 0 Å². The highest BCUT2D eigenvalue weighted by Crippen LogP contribution is 2.21. The molecule has 0 aliphatic carbocycles. The number of halogens is 3. The molecule has 2 N–H and O–H groups in total. The lowest BCUT2D eigenvalue weighted by atomic mass is 10.0. The highest BCUT2D eigenvalue weighted by Gasteiger charge is 2.18. The molecular weight excluding hydrogens is 219 g/mol. The van der Waals surface area contributed by atoms with Crippen LogP contribution in [0.15, 0.2) is 24.3 Å². The number of rotatable bonds is 5. The zero-order chi connectivity index (χ0) is 12.1. The monoisotopic (exact) mass is 233 g/mol. The Kier molecular flexibility index (Phi) is 4.76. The summed E-state index contributed by atoms with van der Waals surface area (Å²) in [6.45, 7) is 0.975. The molecule has 2 atom stereocenters. The van der Waals surface area contributed by atoms with Gasteiger partial charge in [0.05, 0.1) is 6.10 Å². The van der Waals surface area contributed by atoms with Crippen molar-refractivity contribution < 1.29 is 17.9 Å². The van der Waals surface area contributed by atoms with Crippen LogP contribution < -0.4 is 5.73 Å². The first kappa shape index (κ1) is 13.0. The van der Waals surface area contributed by atoms with Crippen LogP contribution in [0.4, 0.5) is 13.2 Å². The van der Waals surface area contributed by atoms with Crippen LogP contribution in [0.3, 0.4) is 0 Å². The molecule has 0 spiro atoms. The molecule has 0 aliphatic rings. The van der Waals surface area contributed by atoms with E-state index < -0.39 is 25.2 Å². The maximum Gasteiger partial charge on any atom is 0.261 e. The van der Waals surface area contributed by atoms with Gasteiger partial charge in [0, 0.05) is 6.04 Å². The van der Waals surface area contributed by atoms with Gasteiger partial charge in [-0.1, -0.05) is 12.1 Å². The maximum atomic E-state index is 12.7. The van der Waals surface area contributed by atoms with E-state index in [4.69, 9.17) is 10.5 Å². The first-order valence-corrected chi connectivity index (χ1v) is 4.91. The van der Waals surface area contributed by atoms with Crippen LogP contribution >= 0.6 is 0 Å². The highest BCUT2D eigenvalue weighted by atomic mass is 19.3. The third-order valence-corrected chi connectivity index (χ3v) is 2.08. The molecule has 1 rings (SSSR count). The molecule has 2 unspecified atom stereocenters. The summed E-state index contributed by atoms with van der Waals surface area (Å²) in [5.41, 5.74) is 6.22. The molecule has 0 aromatic heterocycles. The zero-order valence-corrected chi connectivity index (χ0v) is 8.87. The minimum absolute atomic E-state index is 0.388. The highest BCUT2D eigenvalue weighted by molar-refractivity contribution is 5.19. The Morgan fingerprint density at radius 1 is 1.25 bits per heavy atom. The lowest BCUT2D eigenvalue weighted by molar-refractivity contribution is -0.0326. The van der Waals surface area contributed by atoms with E-state index in [9.17, 15) is 13.2 Å². The van der Waals surface area contributed by atoms with E-state index in [1.165, 1.54) is 24.3 Å². The van der Waals surface area contributed by atoms with Gasteiger partial charge in [0.1, 0.15) is 12.4 Å². The van der Waals surface area contributed by atoms with Crippen LogP contribution in [-0.4, -0.2) is 19.1 Å². The summed E-state index contributed by atoms with van der Waals surface area (Å²) in [5, 5.41) is 0. The predicted molar refractivity (Wildman–Crippen MR) is 54.7 cm³/mol. The van der Waals surface area contributed by atoms with Crippen molar-refractivity contribution in [1.29, 1.82) is 0 Å². The molecule has 0 saturated heterocycles. The molecule has 0 amide bonds. The fourth-order valence-corrected chi connectivity index (χ4v) is 1.38. The second kappa shape index (κ2) is 5.86. The minimum Gasteiger partial charge on any atom is -0.366 e. The van der Waals surface area contributed by atoms with Gasteiger partial charge in [0.2, 0.25) is 0 Å². The number of nitrogens with two attached hydrogens (primary N) is 1. The molecule has 5 heteroatoms. The Balaban J connectivity index is 2.73. The minimum atomic E-state index is -2.54. The van der Waals surface area contributed by atoms with Gasteiger partial charge in [-0.05, 0) is 24.6 Å². The number of alkyl halides is 2. The Hall–Kier alpha value is -1.07. The lowest BCUT2D eigenvalue weighted by Gasteiger charge is -2.21. The summed E-state index contributed by atoms with van der Waals surface area (Å²) >= 11 is 0. The van der Waals surface area contributed by atoms with E-state index in [1.54, 1.807) is 6.92 Å². The van der Waals surface area contributed by atoms with Crippen LogP contribution in [0.5, 0.6) is 0 Å². The number of hydrogen-bond donors (Lipinski definition) is 1. The van der Waals surface area contributed by atoms with E-state index in [-0.39, 0.29) is 5.82 Å². The summed E-state index contributed by atoms with van der Waals surface area (Å²) in [5.74, 6) is -0.388. The van der Waals surface area contributed by atoms with Gasteiger partial charge in [-0.25, -0.2) is 13.2 Å². The predicted octanol–water partition coefficient (Wildman–Crippen LogP) is 2.50. The van der Waals surface area contributed by atoms with Crippen LogP contribution in [0.1, 0.15) is 18.6 Å². The van der Waals surface area contributed by atoms with E-state index in [2.05, 4.69) is 0 Å². The summed E-state index contributed by atoms with van der Waals surface area (Å²) in [6.07, 6.45) is -3.18. The Morgan fingerprint density at radius 3 is 2.25 bits per heavy atom. The van der Waals surface area contributed by atoms with Crippen LogP contribution in [-0.2, 0) is 4.74 Å². The van der Waals surface area contributed by atoms with Crippen molar-refractivity contribution in [3.63, 3.8) is 0 Å². The van der Waals surface area contributed by atoms with Crippen LogP contribution in [0.25, 0.3) is 0 Å². The number of benzene rings is 1. The molecule has 1 aromatic rings. The van der Waals surface area contributed by atoms with Gasteiger partial charge < -0.3 is 10.5 Å². The van der Waals surface area contributed by atoms with E-state index in [0.717, 1.165) is 0 Å². The molecule has 0 saturated carbocycles. The standard InChI is InChI=1S/C11H14F3NO/c1-7(15)11(16-6-10(13)14)8-2-4-9(12)5-3-8/h2-5,7,10-11H,6,15H2,1H3. The normalized spacial score (nSPS) is 15.1. The number of hydrogen-bond acceptors (Lipinski definition) is 2. The van der Waals surface area contributed by atoms with Gasteiger partial charge >= 0.3 is 0 Å². The molecule has 1 aromatic carbocycles. The first-order chi connectivity index (χ1) is 7.50. The van der Waals surface area contributed by atoms with E-state index in [0.29, 0.717) is 5.56 Å². The summed E-state index contributed by atoms with van der Waals surface area (Å²) in [7, 11) is 0. The third kappa shape index (κ3) is 3.83. The van der Waals surface area contributed by atoms with Gasteiger partial charge in [-0.2, -0.15) is 0 Å². The number of ether oxygens (including phenoxy) is 1. The lowest BCUT2D eigenvalue weighted by Crippen LogP contribution is -2.28. The summed E-state index contributed by atoms with van der Waals surface area (Å²) < 4.78 is 41.7. The van der Waals surface area contributed by atoms with E-state index in [1.807, 2.05) is 0 Å². The smallest absolute Gasteiger partial charge is 0.261 e. The van der Waals surface area contributed by atoms with Crippen molar-refractivity contribution in [2.24, 2.45) is 5.73 Å². The van der Waals surface area contributed by atoms with Crippen molar-refractivity contribution in [2.45, 2.75) is 25.5 Å². The maximum absolute atomic E-state index is 12.7. The molecule has 0 fully saturated rings. The van der Waals surface area contributed by atoms with Crippen LogP contribution in [0, 0.1) is 5.82 Å². The largest absolute Gasteiger partial charge is 0.366 e. The SMILES string of the molecule is CC(N)C(OCC(F)F)c1ccc(F)cc1. The molecule has 90 valence electrons. The Labute approximate surface area is 92.2 Å². The molecule has 0 heterocycles. The third-order valence-electron chi connectivity index (χ3n) is 2.08. The topological polar surface area (TPSA) is 35.2 Å². The molecule has 0 radical (unpaired) electrons. The summed E-state index contributed by atoms with van der Waals surface area (Å²) in [6, 6.07) is 5.01. The molecule has 0 bridgehead atoms. The van der Waals surface area contributed by atoms with Crippen molar-refractivity contribution in [3.05, 3.63) is 35.6 Å². The van der Waals surface area contributed by atoms with Gasteiger partial charge in [-0.3, -0.25) is 0 Å². The zero-order valence-electron chi connectivity index (χ0n) is 8.87. The van der Waals surface area contributed by atoms with Gasteiger partial charge in [0.15, 0.2) is 0 Å². The molecular formula is C11H14F3NO. The van der Waals surface area contributed by atoms with Gasteiger partial charge in [0.25, 0.3) is 6.43 Å². The average molecular weight is 233 g/mol. The summed E-state index contributed by atoms with van der Waals surface area (Å²) in [4.78, 5) is 0. The average Bonchev–Trinajstić information content (AvgIpc) is 2.20. The Morgan fingerprint density at radius 2 is 1.81 bits per heavy atom. The first-order valence-electron chi connectivity index (χ1n) is 4.91. The second-order valence-electron chi connectivity index (χ2n) is 3.56.